The minimum absolute atomic E-state index is 0.0528. The van der Waals surface area contributed by atoms with Crippen LogP contribution in [-0.2, 0) is 0 Å². The van der Waals surface area contributed by atoms with Crippen molar-refractivity contribution in [1.29, 1.82) is 0 Å². The third-order valence-corrected chi connectivity index (χ3v) is 2.85. The first-order valence-corrected chi connectivity index (χ1v) is 6.31. The highest BCUT2D eigenvalue weighted by molar-refractivity contribution is 5.96. The van der Waals surface area contributed by atoms with E-state index in [1.165, 1.54) is 6.07 Å². The zero-order chi connectivity index (χ0) is 14.4. The maximum absolute atomic E-state index is 11.0. The van der Waals surface area contributed by atoms with E-state index in [9.17, 15) is 10.1 Å². The summed E-state index contributed by atoms with van der Waals surface area (Å²) in [7, 11) is 0. The van der Waals surface area contributed by atoms with E-state index >= 15 is 0 Å². The van der Waals surface area contributed by atoms with Crippen LogP contribution in [0.3, 0.4) is 0 Å². The second kappa shape index (κ2) is 6.78. The van der Waals surface area contributed by atoms with E-state index in [0.29, 0.717) is 30.5 Å². The molecule has 7 nitrogen and oxygen atoms in total. The monoisotopic (exact) mass is 276 g/mol. The van der Waals surface area contributed by atoms with E-state index in [2.05, 4.69) is 15.6 Å². The molecule has 1 aromatic carbocycles. The summed E-state index contributed by atoms with van der Waals surface area (Å²) in [6.45, 7) is 1.97. The van der Waals surface area contributed by atoms with Crippen LogP contribution in [0.5, 0.6) is 0 Å². The Hall–Kier alpha value is -2.25. The Kier molecular flexibility index (Phi) is 4.80. The van der Waals surface area contributed by atoms with Gasteiger partial charge in [0.15, 0.2) is 0 Å². The van der Waals surface area contributed by atoms with Gasteiger partial charge in [0.05, 0.1) is 22.6 Å². The normalized spacial score (nSPS) is 10.7. The summed E-state index contributed by atoms with van der Waals surface area (Å²) in [6.07, 6.45) is 1.61. The summed E-state index contributed by atoms with van der Waals surface area (Å²) in [5, 5.41) is 26.4. The Morgan fingerprint density at radius 2 is 2.10 bits per heavy atom. The van der Waals surface area contributed by atoms with Crippen molar-refractivity contribution in [2.24, 2.45) is 0 Å². The lowest BCUT2D eigenvalue weighted by atomic mass is 10.1. The van der Waals surface area contributed by atoms with Gasteiger partial charge in [-0.05, 0) is 18.2 Å². The highest BCUT2D eigenvalue weighted by atomic mass is 16.6. The number of hydrogen-bond donors (Lipinski definition) is 3. The van der Waals surface area contributed by atoms with E-state index < -0.39 is 4.92 Å². The molecule has 0 bridgehead atoms. The van der Waals surface area contributed by atoms with Crippen LogP contribution >= 0.6 is 0 Å². The molecule has 0 fully saturated rings. The van der Waals surface area contributed by atoms with Crippen LogP contribution in [0.2, 0.25) is 0 Å². The molecule has 0 radical (unpaired) electrons. The number of nitro groups is 1. The number of nitro benzene ring substituents is 1. The molecule has 1 aromatic heterocycles. The largest absolute Gasteiger partial charge is 0.395 e. The van der Waals surface area contributed by atoms with Gasteiger partial charge in [-0.25, -0.2) is 0 Å². The fraction of sp³-hybridized carbons (Fsp3) is 0.308. The number of hydrogen-bond acceptors (Lipinski definition) is 6. The van der Waals surface area contributed by atoms with E-state index in [0.717, 1.165) is 5.69 Å². The van der Waals surface area contributed by atoms with Crippen LogP contribution in [0.4, 0.5) is 11.4 Å². The van der Waals surface area contributed by atoms with Crippen molar-refractivity contribution in [2.45, 2.75) is 0 Å². The predicted molar refractivity (Wildman–Crippen MR) is 76.8 cm³/mol. The SMILES string of the molecule is O=[N+]([O-])c1ccc(NCCNCCO)c2ncccc12. The van der Waals surface area contributed by atoms with Gasteiger partial charge in [-0.3, -0.25) is 15.1 Å². The number of non-ortho nitro benzene ring substituents is 1. The van der Waals surface area contributed by atoms with Gasteiger partial charge in [-0.1, -0.05) is 0 Å². The van der Waals surface area contributed by atoms with Crippen LogP contribution in [0.1, 0.15) is 0 Å². The van der Waals surface area contributed by atoms with Crippen molar-refractivity contribution in [3.63, 3.8) is 0 Å². The van der Waals surface area contributed by atoms with Crippen molar-refractivity contribution < 1.29 is 10.0 Å². The second-order valence-electron chi connectivity index (χ2n) is 4.19. The molecular weight excluding hydrogens is 260 g/mol. The molecule has 0 aliphatic carbocycles. The Morgan fingerprint density at radius 1 is 1.25 bits per heavy atom. The van der Waals surface area contributed by atoms with Gasteiger partial charge in [0.1, 0.15) is 5.52 Å². The smallest absolute Gasteiger partial charge is 0.278 e. The van der Waals surface area contributed by atoms with Gasteiger partial charge in [-0.2, -0.15) is 0 Å². The Balaban J connectivity index is 2.18. The number of benzene rings is 1. The lowest BCUT2D eigenvalue weighted by Gasteiger charge is -2.09. The van der Waals surface area contributed by atoms with Crippen LogP contribution in [-0.4, -0.2) is 41.3 Å². The molecule has 0 saturated carbocycles. The van der Waals surface area contributed by atoms with E-state index in [1.54, 1.807) is 24.4 Å². The molecule has 0 unspecified atom stereocenters. The van der Waals surface area contributed by atoms with Gasteiger partial charge in [0, 0.05) is 31.9 Å². The minimum atomic E-state index is -0.406. The minimum Gasteiger partial charge on any atom is -0.395 e. The first kappa shape index (κ1) is 14.2. The van der Waals surface area contributed by atoms with Gasteiger partial charge in [0.25, 0.3) is 5.69 Å². The molecule has 7 heteroatoms. The molecule has 1 heterocycles. The molecule has 0 saturated heterocycles. The van der Waals surface area contributed by atoms with E-state index in [-0.39, 0.29) is 12.3 Å². The Labute approximate surface area is 115 Å². The van der Waals surface area contributed by atoms with Gasteiger partial charge < -0.3 is 15.7 Å². The Bertz CT molecular complexity index is 603. The first-order chi connectivity index (χ1) is 9.74. The van der Waals surface area contributed by atoms with E-state index in [4.69, 9.17) is 5.11 Å². The molecule has 106 valence electrons. The molecule has 0 atom stereocenters. The number of pyridine rings is 1. The fourth-order valence-corrected chi connectivity index (χ4v) is 1.95. The number of nitrogens with zero attached hydrogens (tertiary/aromatic N) is 2. The molecule has 0 spiro atoms. The van der Waals surface area contributed by atoms with E-state index in [1.807, 2.05) is 0 Å². The van der Waals surface area contributed by atoms with Crippen molar-refractivity contribution in [3.05, 3.63) is 40.6 Å². The molecule has 2 aromatic rings. The number of aromatic nitrogens is 1. The molecule has 0 aliphatic rings. The number of aliphatic hydroxyl groups excluding tert-OH is 1. The topological polar surface area (TPSA) is 100 Å². The molecule has 0 aliphatic heterocycles. The van der Waals surface area contributed by atoms with Gasteiger partial charge in [-0.15, -0.1) is 0 Å². The first-order valence-electron chi connectivity index (χ1n) is 6.31. The fourth-order valence-electron chi connectivity index (χ4n) is 1.95. The average Bonchev–Trinajstić information content (AvgIpc) is 2.46. The lowest BCUT2D eigenvalue weighted by molar-refractivity contribution is -0.383. The van der Waals surface area contributed by atoms with Crippen molar-refractivity contribution in [3.8, 4) is 0 Å². The summed E-state index contributed by atoms with van der Waals surface area (Å²) >= 11 is 0. The van der Waals surface area contributed by atoms with Gasteiger partial charge >= 0.3 is 0 Å². The maximum Gasteiger partial charge on any atom is 0.278 e. The maximum atomic E-state index is 11.0. The van der Waals surface area contributed by atoms with Crippen LogP contribution in [0, 0.1) is 10.1 Å². The zero-order valence-electron chi connectivity index (χ0n) is 10.9. The highest BCUT2D eigenvalue weighted by Gasteiger charge is 2.14. The molecule has 2 rings (SSSR count). The summed E-state index contributed by atoms with van der Waals surface area (Å²) in [5.41, 5.74) is 1.40. The quantitative estimate of drug-likeness (QED) is 0.398. The average molecular weight is 276 g/mol. The second-order valence-corrected chi connectivity index (χ2v) is 4.19. The number of anilines is 1. The Morgan fingerprint density at radius 3 is 2.85 bits per heavy atom. The van der Waals surface area contributed by atoms with Crippen molar-refractivity contribution in [1.82, 2.24) is 10.3 Å². The van der Waals surface area contributed by atoms with Crippen LogP contribution in [0.25, 0.3) is 10.9 Å². The molecular formula is C13H16N4O3. The number of fused-ring (bicyclic) bond motifs is 1. The highest BCUT2D eigenvalue weighted by Crippen LogP contribution is 2.29. The third-order valence-electron chi connectivity index (χ3n) is 2.85. The van der Waals surface area contributed by atoms with Crippen molar-refractivity contribution >= 4 is 22.3 Å². The zero-order valence-corrected chi connectivity index (χ0v) is 10.9. The molecule has 20 heavy (non-hydrogen) atoms. The third kappa shape index (κ3) is 3.19. The van der Waals surface area contributed by atoms with Crippen LogP contribution < -0.4 is 10.6 Å². The number of nitrogens with one attached hydrogen (secondary N) is 2. The van der Waals surface area contributed by atoms with Gasteiger partial charge in [0.2, 0.25) is 0 Å². The number of rotatable bonds is 7. The molecule has 3 N–H and O–H groups in total. The molecule has 0 amide bonds. The standard InChI is InChI=1S/C13H16N4O3/c18-9-8-14-6-7-15-11-3-4-12(17(19)20)10-2-1-5-16-13(10)11/h1-5,14-15,18H,6-9H2. The van der Waals surface area contributed by atoms with Crippen molar-refractivity contribution in [2.75, 3.05) is 31.6 Å². The van der Waals surface area contributed by atoms with Crippen LogP contribution in [0.15, 0.2) is 30.5 Å². The summed E-state index contributed by atoms with van der Waals surface area (Å²) in [5.74, 6) is 0. The summed E-state index contributed by atoms with van der Waals surface area (Å²) in [4.78, 5) is 14.8. The predicted octanol–water partition coefficient (Wildman–Crippen LogP) is 1.14. The number of aliphatic hydroxyl groups is 1. The summed E-state index contributed by atoms with van der Waals surface area (Å²) < 4.78 is 0. The summed E-state index contributed by atoms with van der Waals surface area (Å²) in [6, 6.07) is 6.52. The lowest BCUT2D eigenvalue weighted by Crippen LogP contribution is -2.24.